The van der Waals surface area contributed by atoms with Crippen molar-refractivity contribution in [2.24, 2.45) is 5.73 Å². The highest BCUT2D eigenvalue weighted by molar-refractivity contribution is 5.89. The van der Waals surface area contributed by atoms with E-state index in [0.717, 1.165) is 38.8 Å². The molecular formula is C39H41N3O4. The fraction of sp³-hybridized carbons (Fsp3) is 0.231. The van der Waals surface area contributed by atoms with Crippen LogP contribution in [0.4, 0.5) is 0 Å². The zero-order valence-corrected chi connectivity index (χ0v) is 26.1. The lowest BCUT2D eigenvalue weighted by molar-refractivity contribution is -0.142. The van der Waals surface area contributed by atoms with E-state index in [4.69, 9.17) is 10.5 Å². The van der Waals surface area contributed by atoms with Crippen molar-refractivity contribution in [1.82, 2.24) is 10.6 Å². The highest BCUT2D eigenvalue weighted by Gasteiger charge is 2.35. The predicted molar refractivity (Wildman–Crippen MR) is 183 cm³/mol. The summed E-state index contributed by atoms with van der Waals surface area (Å²) in [7, 11) is 1.65. The number of unbranched alkanes of at least 4 members (excludes halogenated alkanes) is 1. The van der Waals surface area contributed by atoms with Gasteiger partial charge in [-0.3, -0.25) is 10.1 Å². The molecule has 0 spiro atoms. The SMILES string of the molecule is COc1ccc(C(NCCCCC(NC(=O)C(N)Cc2cccc3ccccc23)C(=O)O)(c2ccccc2)c2ccccc2)cc1. The van der Waals surface area contributed by atoms with Crippen molar-refractivity contribution in [3.63, 3.8) is 0 Å². The normalized spacial score (nSPS) is 12.7. The van der Waals surface area contributed by atoms with Crippen molar-refractivity contribution >= 4 is 22.6 Å². The van der Waals surface area contributed by atoms with E-state index in [1.54, 1.807) is 7.11 Å². The molecule has 0 bridgehead atoms. The number of benzene rings is 5. The highest BCUT2D eigenvalue weighted by atomic mass is 16.5. The maximum atomic E-state index is 13.0. The second-order valence-corrected chi connectivity index (χ2v) is 11.5. The highest BCUT2D eigenvalue weighted by Crippen LogP contribution is 2.37. The Bertz CT molecular complexity index is 1680. The molecule has 7 heteroatoms. The number of nitrogens with one attached hydrogen (secondary N) is 2. The number of fused-ring (bicyclic) bond motifs is 1. The van der Waals surface area contributed by atoms with E-state index in [0.29, 0.717) is 25.8 Å². The Kier molecular flexibility index (Phi) is 10.8. The summed E-state index contributed by atoms with van der Waals surface area (Å²) in [5.41, 5.74) is 9.81. The lowest BCUT2D eigenvalue weighted by atomic mass is 9.77. The van der Waals surface area contributed by atoms with E-state index in [1.165, 1.54) is 0 Å². The number of aliphatic carboxylic acids is 1. The zero-order chi connectivity index (χ0) is 32.4. The molecule has 5 rings (SSSR count). The molecule has 2 unspecified atom stereocenters. The zero-order valence-electron chi connectivity index (χ0n) is 26.1. The van der Waals surface area contributed by atoms with Gasteiger partial charge in [-0.1, -0.05) is 115 Å². The van der Waals surface area contributed by atoms with Gasteiger partial charge in [0.1, 0.15) is 11.8 Å². The average Bonchev–Trinajstić information content (AvgIpc) is 3.10. The van der Waals surface area contributed by atoms with Crippen LogP contribution >= 0.6 is 0 Å². The van der Waals surface area contributed by atoms with Crippen LogP contribution < -0.4 is 21.1 Å². The number of carbonyl (C=O) groups is 2. The summed E-state index contributed by atoms with van der Waals surface area (Å²) < 4.78 is 5.43. The molecule has 0 radical (unpaired) electrons. The van der Waals surface area contributed by atoms with Crippen molar-refractivity contribution in [3.8, 4) is 5.75 Å². The Morgan fingerprint density at radius 2 is 1.35 bits per heavy atom. The standard InChI is InChI=1S/C39H41N3O4/c1-46-33-24-22-32(23-25-33)39(30-16-4-2-5-17-30,31-18-6-3-7-19-31)41-26-11-10-21-36(38(44)45)42-37(43)35(40)27-29-15-12-14-28-13-8-9-20-34(28)29/h2-9,12-20,22-25,35-36,41H,10-11,21,26-27,40H2,1H3,(H,42,43)(H,44,45). The molecule has 0 saturated carbocycles. The van der Waals surface area contributed by atoms with Crippen molar-refractivity contribution < 1.29 is 19.4 Å². The molecule has 0 aliphatic rings. The number of rotatable bonds is 15. The van der Waals surface area contributed by atoms with Gasteiger partial charge < -0.3 is 20.9 Å². The first-order chi connectivity index (χ1) is 22.4. The minimum Gasteiger partial charge on any atom is -0.497 e. The fourth-order valence-corrected chi connectivity index (χ4v) is 6.11. The van der Waals surface area contributed by atoms with Gasteiger partial charge in [-0.25, -0.2) is 4.79 Å². The monoisotopic (exact) mass is 615 g/mol. The van der Waals surface area contributed by atoms with Crippen LogP contribution in [0.25, 0.3) is 10.8 Å². The third-order valence-corrected chi connectivity index (χ3v) is 8.52. The predicted octanol–water partition coefficient (Wildman–Crippen LogP) is 6.04. The number of hydrogen-bond acceptors (Lipinski definition) is 5. The summed E-state index contributed by atoms with van der Waals surface area (Å²) >= 11 is 0. The number of carboxylic acid groups (broad SMARTS) is 1. The van der Waals surface area contributed by atoms with Crippen LogP contribution in [0.5, 0.6) is 5.75 Å². The van der Waals surface area contributed by atoms with E-state index in [-0.39, 0.29) is 6.42 Å². The molecule has 7 nitrogen and oxygen atoms in total. The molecule has 5 N–H and O–H groups in total. The summed E-state index contributed by atoms with van der Waals surface area (Å²) in [6, 6.07) is 40.6. The minimum absolute atomic E-state index is 0.288. The summed E-state index contributed by atoms with van der Waals surface area (Å²) in [5, 5.41) is 18.5. The molecule has 5 aromatic rings. The molecule has 0 aliphatic carbocycles. The molecule has 0 fully saturated rings. The first-order valence-electron chi connectivity index (χ1n) is 15.7. The van der Waals surface area contributed by atoms with Crippen LogP contribution in [0.15, 0.2) is 127 Å². The van der Waals surface area contributed by atoms with Gasteiger partial charge in [0.25, 0.3) is 0 Å². The second-order valence-electron chi connectivity index (χ2n) is 11.5. The van der Waals surface area contributed by atoms with E-state index < -0.39 is 29.5 Å². The molecule has 236 valence electrons. The topological polar surface area (TPSA) is 114 Å². The van der Waals surface area contributed by atoms with Gasteiger partial charge >= 0.3 is 5.97 Å². The molecule has 0 saturated heterocycles. The molecule has 0 aromatic heterocycles. The van der Waals surface area contributed by atoms with Crippen LogP contribution in [-0.4, -0.2) is 42.7 Å². The smallest absolute Gasteiger partial charge is 0.326 e. The third-order valence-electron chi connectivity index (χ3n) is 8.52. The van der Waals surface area contributed by atoms with Crippen LogP contribution in [0, 0.1) is 0 Å². The maximum absolute atomic E-state index is 13.0. The summed E-state index contributed by atoms with van der Waals surface area (Å²) in [6.07, 6.45) is 1.89. The number of nitrogens with two attached hydrogens (primary N) is 1. The number of amides is 1. The first kappa shape index (κ1) is 32.4. The molecule has 5 aromatic carbocycles. The summed E-state index contributed by atoms with van der Waals surface area (Å²) in [4.78, 5) is 25.2. The van der Waals surface area contributed by atoms with Gasteiger partial charge in [-0.15, -0.1) is 0 Å². The largest absolute Gasteiger partial charge is 0.497 e. The average molecular weight is 616 g/mol. The van der Waals surface area contributed by atoms with Crippen molar-refractivity contribution in [2.45, 2.75) is 43.3 Å². The lowest BCUT2D eigenvalue weighted by Gasteiger charge is -2.37. The number of hydrogen-bond donors (Lipinski definition) is 4. The second kappa shape index (κ2) is 15.3. The van der Waals surface area contributed by atoms with Crippen molar-refractivity contribution in [1.29, 1.82) is 0 Å². The number of carbonyl (C=O) groups excluding carboxylic acids is 1. The quantitative estimate of drug-likeness (QED) is 0.0844. The van der Waals surface area contributed by atoms with E-state index in [9.17, 15) is 14.7 Å². The van der Waals surface area contributed by atoms with Gasteiger partial charge in [0, 0.05) is 0 Å². The molecule has 2 atom stereocenters. The Balaban J connectivity index is 1.25. The summed E-state index contributed by atoms with van der Waals surface area (Å²) in [6.45, 7) is 0.608. The number of ether oxygens (including phenoxy) is 1. The molecule has 1 amide bonds. The van der Waals surface area contributed by atoms with Crippen LogP contribution in [-0.2, 0) is 21.5 Å². The molecule has 46 heavy (non-hydrogen) atoms. The Labute approximate surface area is 270 Å². The third kappa shape index (κ3) is 7.45. The number of carboxylic acids is 1. The Hall–Kier alpha value is -4.98. The Morgan fingerprint density at radius 1 is 0.761 bits per heavy atom. The van der Waals surface area contributed by atoms with E-state index in [1.807, 2.05) is 91.0 Å². The van der Waals surface area contributed by atoms with Gasteiger partial charge in [0.2, 0.25) is 5.91 Å². The van der Waals surface area contributed by atoms with Gasteiger partial charge in [-0.2, -0.15) is 0 Å². The van der Waals surface area contributed by atoms with Gasteiger partial charge in [0.05, 0.1) is 18.7 Å². The fourth-order valence-electron chi connectivity index (χ4n) is 6.11. The maximum Gasteiger partial charge on any atom is 0.326 e. The molecule has 0 aliphatic heterocycles. The van der Waals surface area contributed by atoms with Crippen molar-refractivity contribution in [3.05, 3.63) is 150 Å². The van der Waals surface area contributed by atoms with Crippen molar-refractivity contribution in [2.75, 3.05) is 13.7 Å². The first-order valence-corrected chi connectivity index (χ1v) is 15.7. The van der Waals surface area contributed by atoms with Crippen LogP contribution in [0.3, 0.4) is 0 Å². The molecular weight excluding hydrogens is 574 g/mol. The Morgan fingerprint density at radius 3 is 1.98 bits per heavy atom. The van der Waals surface area contributed by atoms with Crippen LogP contribution in [0.1, 0.15) is 41.5 Å². The van der Waals surface area contributed by atoms with Gasteiger partial charge in [0.15, 0.2) is 0 Å². The van der Waals surface area contributed by atoms with E-state index in [2.05, 4.69) is 47.0 Å². The number of methoxy groups -OCH3 is 1. The summed E-state index contributed by atoms with van der Waals surface area (Å²) in [5.74, 6) is -0.762. The minimum atomic E-state index is -1.07. The lowest BCUT2D eigenvalue weighted by Crippen LogP contribution is -2.49. The molecule has 0 heterocycles. The van der Waals surface area contributed by atoms with E-state index >= 15 is 0 Å². The van der Waals surface area contributed by atoms with Crippen LogP contribution in [0.2, 0.25) is 0 Å². The van der Waals surface area contributed by atoms with Gasteiger partial charge in [-0.05, 0) is 77.4 Å².